The summed E-state index contributed by atoms with van der Waals surface area (Å²) < 4.78 is 0. The molecule has 1 aromatic carbocycles. The third-order valence-electron chi connectivity index (χ3n) is 1.89. The Morgan fingerprint density at radius 2 is 1.94 bits per heavy atom. The van der Waals surface area contributed by atoms with Gasteiger partial charge in [0.05, 0.1) is 5.69 Å². The van der Waals surface area contributed by atoms with Gasteiger partial charge in [-0.2, -0.15) is 5.06 Å². The van der Waals surface area contributed by atoms with E-state index in [1.54, 1.807) is 30.3 Å². The molecule has 0 aliphatic rings. The predicted octanol–water partition coefficient (Wildman–Crippen LogP) is 0.0144. The van der Waals surface area contributed by atoms with Gasteiger partial charge < -0.3 is 5.73 Å². The third-order valence-corrected chi connectivity index (χ3v) is 1.89. The van der Waals surface area contributed by atoms with Crippen LogP contribution >= 0.6 is 0 Å². The molecule has 1 aromatic rings. The number of amides is 1. The monoisotopic (exact) mass is 222 g/mol. The zero-order valence-electron chi connectivity index (χ0n) is 8.87. The van der Waals surface area contributed by atoms with Crippen molar-refractivity contribution in [1.82, 2.24) is 5.01 Å². The average Bonchev–Trinajstić information content (AvgIpc) is 2.28. The zero-order valence-corrected chi connectivity index (χ0v) is 8.87. The van der Waals surface area contributed by atoms with Crippen LogP contribution < -0.4 is 16.6 Å². The smallest absolute Gasteiger partial charge is 0.278 e. The lowest BCUT2D eigenvalue weighted by Gasteiger charge is -2.15. The van der Waals surface area contributed by atoms with Crippen LogP contribution in [-0.4, -0.2) is 23.2 Å². The van der Waals surface area contributed by atoms with Gasteiger partial charge in [0.25, 0.3) is 5.91 Å². The van der Waals surface area contributed by atoms with E-state index in [0.717, 1.165) is 11.1 Å². The molecule has 0 aliphatic carbocycles. The highest BCUT2D eigenvalue weighted by molar-refractivity contribution is 5.99. The number of carbonyl (C=O) groups is 1. The van der Waals surface area contributed by atoms with E-state index in [-0.39, 0.29) is 5.82 Å². The SMILES string of the molecule is CN(N)/C(N)=C/C(=O)N(O)c1ccccc1. The molecule has 0 saturated carbocycles. The summed E-state index contributed by atoms with van der Waals surface area (Å²) >= 11 is 0. The number of nitrogens with two attached hydrogens (primary N) is 2. The minimum atomic E-state index is -0.666. The number of hydrazine groups is 1. The molecular weight excluding hydrogens is 208 g/mol. The van der Waals surface area contributed by atoms with Crippen molar-refractivity contribution >= 4 is 11.6 Å². The molecule has 0 fully saturated rings. The lowest BCUT2D eigenvalue weighted by molar-refractivity contribution is -0.119. The number of hydrogen-bond donors (Lipinski definition) is 3. The lowest BCUT2D eigenvalue weighted by Crippen LogP contribution is -2.33. The Balaban J connectivity index is 2.80. The summed E-state index contributed by atoms with van der Waals surface area (Å²) in [6.07, 6.45) is 1.03. The van der Waals surface area contributed by atoms with E-state index in [4.69, 9.17) is 11.6 Å². The van der Waals surface area contributed by atoms with Crippen LogP contribution in [0.2, 0.25) is 0 Å². The number of anilines is 1. The number of rotatable bonds is 3. The predicted molar refractivity (Wildman–Crippen MR) is 59.9 cm³/mol. The maximum absolute atomic E-state index is 11.5. The fraction of sp³-hybridized carbons (Fsp3) is 0.100. The van der Waals surface area contributed by atoms with E-state index in [0.29, 0.717) is 10.8 Å². The Morgan fingerprint density at radius 1 is 1.38 bits per heavy atom. The van der Waals surface area contributed by atoms with E-state index in [9.17, 15) is 10.0 Å². The molecule has 6 heteroatoms. The first-order valence-corrected chi connectivity index (χ1v) is 4.56. The Labute approximate surface area is 93.3 Å². The van der Waals surface area contributed by atoms with E-state index < -0.39 is 5.91 Å². The second-order valence-corrected chi connectivity index (χ2v) is 3.17. The van der Waals surface area contributed by atoms with Crippen LogP contribution in [0.1, 0.15) is 0 Å². The molecule has 86 valence electrons. The second-order valence-electron chi connectivity index (χ2n) is 3.17. The zero-order chi connectivity index (χ0) is 12.1. The summed E-state index contributed by atoms with van der Waals surface area (Å²) in [4.78, 5) is 11.5. The summed E-state index contributed by atoms with van der Waals surface area (Å²) in [7, 11) is 1.49. The summed E-state index contributed by atoms with van der Waals surface area (Å²) in [5.74, 6) is 4.70. The molecule has 5 N–H and O–H groups in total. The number of para-hydroxylation sites is 1. The van der Waals surface area contributed by atoms with Gasteiger partial charge in [-0.1, -0.05) is 18.2 Å². The first kappa shape index (κ1) is 12.0. The van der Waals surface area contributed by atoms with Crippen molar-refractivity contribution in [3.63, 3.8) is 0 Å². The van der Waals surface area contributed by atoms with E-state index in [1.807, 2.05) is 0 Å². The van der Waals surface area contributed by atoms with Crippen LogP contribution in [0.5, 0.6) is 0 Å². The molecule has 0 heterocycles. The van der Waals surface area contributed by atoms with Crippen LogP contribution in [0.3, 0.4) is 0 Å². The van der Waals surface area contributed by atoms with Crippen LogP contribution in [0.15, 0.2) is 42.2 Å². The molecule has 0 atom stereocenters. The van der Waals surface area contributed by atoms with Gasteiger partial charge in [0.15, 0.2) is 0 Å². The topological polar surface area (TPSA) is 95.8 Å². The van der Waals surface area contributed by atoms with Gasteiger partial charge in [0.2, 0.25) is 0 Å². The molecule has 6 nitrogen and oxygen atoms in total. The Bertz CT molecular complexity index is 389. The highest BCUT2D eigenvalue weighted by Crippen LogP contribution is 2.11. The summed E-state index contributed by atoms with van der Waals surface area (Å²) in [5, 5.41) is 11.1. The third kappa shape index (κ3) is 2.97. The van der Waals surface area contributed by atoms with Crippen molar-refractivity contribution in [2.45, 2.75) is 0 Å². The van der Waals surface area contributed by atoms with E-state index >= 15 is 0 Å². The molecule has 0 bridgehead atoms. The van der Waals surface area contributed by atoms with Crippen LogP contribution in [0, 0.1) is 0 Å². The molecule has 0 spiro atoms. The maximum Gasteiger partial charge on any atom is 0.278 e. The first-order chi connectivity index (χ1) is 7.52. The number of nitrogens with zero attached hydrogens (tertiary/aromatic N) is 2. The maximum atomic E-state index is 11.5. The molecular formula is C10H14N4O2. The fourth-order valence-corrected chi connectivity index (χ4v) is 0.986. The molecule has 0 saturated heterocycles. The normalized spacial score (nSPS) is 11.1. The largest absolute Gasteiger partial charge is 0.384 e. The average molecular weight is 222 g/mol. The molecule has 0 aromatic heterocycles. The highest BCUT2D eigenvalue weighted by Gasteiger charge is 2.11. The van der Waals surface area contributed by atoms with E-state index in [1.165, 1.54) is 7.05 Å². The number of hydrogen-bond acceptors (Lipinski definition) is 5. The summed E-state index contributed by atoms with van der Waals surface area (Å²) in [6, 6.07) is 8.36. The van der Waals surface area contributed by atoms with Gasteiger partial charge in [-0.25, -0.2) is 5.84 Å². The number of carbonyl (C=O) groups excluding carboxylic acids is 1. The molecule has 1 rings (SSSR count). The molecule has 1 amide bonds. The lowest BCUT2D eigenvalue weighted by atomic mass is 10.3. The van der Waals surface area contributed by atoms with Gasteiger partial charge in [0.1, 0.15) is 5.82 Å². The van der Waals surface area contributed by atoms with Gasteiger partial charge >= 0.3 is 0 Å². The minimum absolute atomic E-state index is 0.0555. The summed E-state index contributed by atoms with van der Waals surface area (Å²) in [5.41, 5.74) is 5.79. The van der Waals surface area contributed by atoms with Gasteiger partial charge in [-0.05, 0) is 12.1 Å². The number of benzene rings is 1. The van der Waals surface area contributed by atoms with Crippen molar-refractivity contribution in [3.05, 3.63) is 42.2 Å². The molecule has 0 radical (unpaired) electrons. The van der Waals surface area contributed by atoms with E-state index in [2.05, 4.69) is 0 Å². The standard InChI is InChI=1S/C10H14N4O2/c1-13(12)9(11)7-10(15)14(16)8-5-3-2-4-6-8/h2-7,16H,11-12H2,1H3/b9-7+. The Kier molecular flexibility index (Phi) is 3.87. The highest BCUT2D eigenvalue weighted by atomic mass is 16.5. The van der Waals surface area contributed by atoms with Gasteiger partial charge in [-0.15, -0.1) is 0 Å². The second kappa shape index (κ2) is 5.15. The Morgan fingerprint density at radius 3 is 2.44 bits per heavy atom. The van der Waals surface area contributed by atoms with Crippen LogP contribution in [0.4, 0.5) is 5.69 Å². The number of hydroxylamine groups is 1. The quantitative estimate of drug-likeness (QED) is 0.290. The first-order valence-electron chi connectivity index (χ1n) is 4.56. The van der Waals surface area contributed by atoms with Crippen molar-refractivity contribution in [2.24, 2.45) is 11.6 Å². The Hall–Kier alpha value is -2.05. The summed E-state index contributed by atoms with van der Waals surface area (Å²) in [6.45, 7) is 0. The minimum Gasteiger partial charge on any atom is -0.384 e. The van der Waals surface area contributed by atoms with Gasteiger partial charge in [-0.3, -0.25) is 15.0 Å². The van der Waals surface area contributed by atoms with Crippen molar-refractivity contribution < 1.29 is 10.0 Å². The van der Waals surface area contributed by atoms with Crippen molar-refractivity contribution in [2.75, 3.05) is 12.1 Å². The van der Waals surface area contributed by atoms with Crippen LogP contribution in [-0.2, 0) is 4.79 Å². The fourth-order valence-electron chi connectivity index (χ4n) is 0.986. The van der Waals surface area contributed by atoms with Gasteiger partial charge in [0, 0.05) is 13.1 Å². The van der Waals surface area contributed by atoms with Crippen LogP contribution in [0.25, 0.3) is 0 Å². The molecule has 16 heavy (non-hydrogen) atoms. The van der Waals surface area contributed by atoms with Crippen molar-refractivity contribution in [3.8, 4) is 0 Å². The van der Waals surface area contributed by atoms with Crippen molar-refractivity contribution in [1.29, 1.82) is 0 Å². The molecule has 0 aliphatic heterocycles. The molecule has 0 unspecified atom stereocenters.